The van der Waals surface area contributed by atoms with Gasteiger partial charge in [0.05, 0.1) is 11.0 Å². The van der Waals surface area contributed by atoms with Crippen LogP contribution in [0.15, 0.2) is 48.5 Å². The van der Waals surface area contributed by atoms with Crippen molar-refractivity contribution in [2.45, 2.75) is 31.6 Å². The Morgan fingerprint density at radius 3 is 1.93 bits per heavy atom. The molecule has 0 saturated heterocycles. The van der Waals surface area contributed by atoms with Crippen molar-refractivity contribution in [1.82, 2.24) is 10.6 Å². The summed E-state index contributed by atoms with van der Waals surface area (Å²) in [4.78, 5) is 24.2. The first kappa shape index (κ1) is 21.9. The summed E-state index contributed by atoms with van der Waals surface area (Å²) in [5.41, 5.74) is 1.61. The molecule has 7 heteroatoms. The summed E-state index contributed by atoms with van der Waals surface area (Å²) in [6.45, 7) is 4.14. The highest BCUT2D eigenvalue weighted by molar-refractivity contribution is 8.00. The predicted molar refractivity (Wildman–Crippen MR) is 108 cm³/mol. The van der Waals surface area contributed by atoms with E-state index in [0.29, 0.717) is 6.54 Å². The zero-order valence-electron chi connectivity index (χ0n) is 15.9. The molecule has 0 aliphatic rings. The topological polar surface area (TPSA) is 58.2 Å². The zero-order valence-corrected chi connectivity index (χ0v) is 16.7. The van der Waals surface area contributed by atoms with Crippen molar-refractivity contribution in [2.75, 3.05) is 12.3 Å². The van der Waals surface area contributed by atoms with Gasteiger partial charge in [-0.05, 0) is 48.7 Å². The van der Waals surface area contributed by atoms with E-state index in [0.717, 1.165) is 17.5 Å². The van der Waals surface area contributed by atoms with Crippen molar-refractivity contribution < 1.29 is 18.4 Å². The van der Waals surface area contributed by atoms with Crippen molar-refractivity contribution in [1.29, 1.82) is 0 Å². The van der Waals surface area contributed by atoms with E-state index >= 15 is 0 Å². The molecule has 0 unspecified atom stereocenters. The molecule has 2 aromatic rings. The van der Waals surface area contributed by atoms with E-state index in [2.05, 4.69) is 10.6 Å². The molecule has 28 heavy (non-hydrogen) atoms. The molecule has 0 fully saturated rings. The van der Waals surface area contributed by atoms with Crippen LogP contribution >= 0.6 is 11.8 Å². The number of thioether (sulfide) groups is 1. The lowest BCUT2D eigenvalue weighted by Crippen LogP contribution is -2.45. The SMILES string of the molecule is CCCNC(=O)[C@@H](C)NC(=O)CSC(c1ccc(F)cc1)c1ccc(F)cc1. The zero-order chi connectivity index (χ0) is 20.5. The van der Waals surface area contributed by atoms with Gasteiger partial charge < -0.3 is 10.6 Å². The Hall–Kier alpha value is -2.41. The molecule has 150 valence electrons. The first-order valence-electron chi connectivity index (χ1n) is 9.10. The molecule has 0 bridgehead atoms. The van der Waals surface area contributed by atoms with Gasteiger partial charge in [0.2, 0.25) is 11.8 Å². The van der Waals surface area contributed by atoms with Gasteiger partial charge in [0.1, 0.15) is 17.7 Å². The number of halogens is 2. The fourth-order valence-corrected chi connectivity index (χ4v) is 3.67. The Balaban J connectivity index is 2.04. The Labute approximate surface area is 168 Å². The van der Waals surface area contributed by atoms with Crippen LogP contribution in [0, 0.1) is 11.6 Å². The molecule has 0 aromatic heterocycles. The van der Waals surface area contributed by atoms with Crippen molar-refractivity contribution in [3.05, 3.63) is 71.3 Å². The van der Waals surface area contributed by atoms with Crippen LogP contribution in [-0.4, -0.2) is 30.2 Å². The number of hydrogen-bond donors (Lipinski definition) is 2. The van der Waals surface area contributed by atoms with Crippen molar-refractivity contribution in [3.63, 3.8) is 0 Å². The van der Waals surface area contributed by atoms with Crippen LogP contribution in [0.4, 0.5) is 8.78 Å². The first-order valence-corrected chi connectivity index (χ1v) is 10.1. The van der Waals surface area contributed by atoms with Gasteiger partial charge in [-0.15, -0.1) is 11.8 Å². The molecule has 0 aliphatic heterocycles. The fourth-order valence-electron chi connectivity index (χ4n) is 2.57. The van der Waals surface area contributed by atoms with Gasteiger partial charge in [-0.2, -0.15) is 0 Å². The minimum absolute atomic E-state index is 0.102. The summed E-state index contributed by atoms with van der Waals surface area (Å²) in [6, 6.07) is 11.4. The lowest BCUT2D eigenvalue weighted by molar-refractivity contribution is -0.127. The number of carbonyl (C=O) groups is 2. The smallest absolute Gasteiger partial charge is 0.242 e. The molecule has 2 N–H and O–H groups in total. The highest BCUT2D eigenvalue weighted by atomic mass is 32.2. The van der Waals surface area contributed by atoms with Gasteiger partial charge in [0.15, 0.2) is 0 Å². The highest BCUT2D eigenvalue weighted by Gasteiger charge is 2.19. The van der Waals surface area contributed by atoms with Crippen LogP contribution in [0.25, 0.3) is 0 Å². The maximum Gasteiger partial charge on any atom is 0.242 e. The van der Waals surface area contributed by atoms with E-state index in [1.807, 2.05) is 6.92 Å². The average Bonchev–Trinajstić information content (AvgIpc) is 2.68. The summed E-state index contributed by atoms with van der Waals surface area (Å²) in [7, 11) is 0. The third-order valence-electron chi connectivity index (χ3n) is 4.05. The van der Waals surface area contributed by atoms with Crippen molar-refractivity contribution in [2.24, 2.45) is 0 Å². The standard InChI is InChI=1S/C21H24F2N2O2S/c1-3-12-24-21(27)14(2)25-19(26)13-28-20(15-4-8-17(22)9-5-15)16-6-10-18(23)11-7-16/h4-11,14,20H,3,12-13H2,1-2H3,(H,24,27)(H,25,26)/t14-/m1/s1. The third kappa shape index (κ3) is 6.64. The molecule has 0 aliphatic carbocycles. The minimum atomic E-state index is -0.630. The minimum Gasteiger partial charge on any atom is -0.354 e. The second-order valence-corrected chi connectivity index (χ2v) is 7.47. The van der Waals surface area contributed by atoms with Crippen LogP contribution in [0.3, 0.4) is 0 Å². The molecule has 2 rings (SSSR count). The maximum atomic E-state index is 13.3. The number of hydrogen-bond acceptors (Lipinski definition) is 3. The lowest BCUT2D eigenvalue weighted by atomic mass is 10.0. The van der Waals surface area contributed by atoms with Crippen LogP contribution < -0.4 is 10.6 Å². The molecule has 0 saturated carbocycles. The molecular weight excluding hydrogens is 382 g/mol. The van der Waals surface area contributed by atoms with E-state index in [4.69, 9.17) is 0 Å². The van der Waals surface area contributed by atoms with Gasteiger partial charge in [-0.1, -0.05) is 31.2 Å². The number of benzene rings is 2. The Kier molecular flexibility index (Phi) is 8.44. The quantitative estimate of drug-likeness (QED) is 0.666. The maximum absolute atomic E-state index is 13.3. The molecule has 2 amide bonds. The van der Waals surface area contributed by atoms with Crippen LogP contribution in [0.1, 0.15) is 36.6 Å². The predicted octanol–water partition coefficient (Wildman–Crippen LogP) is 3.82. The molecule has 0 heterocycles. The van der Waals surface area contributed by atoms with E-state index in [-0.39, 0.29) is 34.5 Å². The van der Waals surface area contributed by atoms with E-state index in [9.17, 15) is 18.4 Å². The second kappa shape index (κ2) is 10.8. The van der Waals surface area contributed by atoms with Crippen molar-refractivity contribution in [3.8, 4) is 0 Å². The molecule has 2 aromatic carbocycles. The molecule has 0 radical (unpaired) electrons. The van der Waals surface area contributed by atoms with Gasteiger partial charge in [-0.25, -0.2) is 8.78 Å². The van der Waals surface area contributed by atoms with E-state index in [1.165, 1.54) is 36.0 Å². The number of nitrogens with one attached hydrogen (secondary N) is 2. The molecule has 1 atom stereocenters. The molecule has 4 nitrogen and oxygen atoms in total. The van der Waals surface area contributed by atoms with Crippen LogP contribution in [-0.2, 0) is 9.59 Å². The number of carbonyl (C=O) groups excluding carboxylic acids is 2. The fraction of sp³-hybridized carbons (Fsp3) is 0.333. The van der Waals surface area contributed by atoms with Gasteiger partial charge in [0, 0.05) is 6.54 Å². The second-order valence-electron chi connectivity index (χ2n) is 6.37. The normalized spacial score (nSPS) is 11.9. The van der Waals surface area contributed by atoms with E-state index in [1.54, 1.807) is 31.2 Å². The Morgan fingerprint density at radius 2 is 1.46 bits per heavy atom. The summed E-state index contributed by atoms with van der Waals surface area (Å²) < 4.78 is 26.5. The number of rotatable bonds is 9. The average molecular weight is 406 g/mol. The van der Waals surface area contributed by atoms with Gasteiger partial charge in [-0.3, -0.25) is 9.59 Å². The Bertz CT molecular complexity index is 736. The van der Waals surface area contributed by atoms with Gasteiger partial charge in [0.25, 0.3) is 0 Å². The third-order valence-corrected chi connectivity index (χ3v) is 5.35. The summed E-state index contributed by atoms with van der Waals surface area (Å²) >= 11 is 1.33. The van der Waals surface area contributed by atoms with Crippen LogP contribution in [0.5, 0.6) is 0 Å². The Morgan fingerprint density at radius 1 is 0.964 bits per heavy atom. The highest BCUT2D eigenvalue weighted by Crippen LogP contribution is 2.35. The monoisotopic (exact) mass is 406 g/mol. The molecule has 0 spiro atoms. The first-order chi connectivity index (χ1) is 13.4. The van der Waals surface area contributed by atoms with Crippen LogP contribution in [0.2, 0.25) is 0 Å². The summed E-state index contributed by atoms with van der Waals surface area (Å²) in [5, 5.41) is 5.14. The van der Waals surface area contributed by atoms with E-state index < -0.39 is 6.04 Å². The summed E-state index contributed by atoms with van der Waals surface area (Å²) in [5.74, 6) is -1.11. The largest absolute Gasteiger partial charge is 0.354 e. The van der Waals surface area contributed by atoms with Gasteiger partial charge >= 0.3 is 0 Å². The lowest BCUT2D eigenvalue weighted by Gasteiger charge is -2.19. The van der Waals surface area contributed by atoms with Crippen molar-refractivity contribution >= 4 is 23.6 Å². The number of amides is 2. The summed E-state index contributed by atoms with van der Waals surface area (Å²) in [6.07, 6.45) is 0.819. The molecular formula is C21H24F2N2O2S.